The molecule has 1 amide bonds. The van der Waals surface area contributed by atoms with E-state index in [9.17, 15) is 9.59 Å². The Bertz CT molecular complexity index is 536. The second-order valence-corrected chi connectivity index (χ2v) is 6.08. The highest BCUT2D eigenvalue weighted by molar-refractivity contribution is 5.76. The van der Waals surface area contributed by atoms with Crippen LogP contribution in [0, 0.1) is 5.92 Å². The first kappa shape index (κ1) is 18.3. The Morgan fingerprint density at radius 3 is 2.46 bits per heavy atom. The van der Waals surface area contributed by atoms with E-state index < -0.39 is 0 Å². The van der Waals surface area contributed by atoms with Gasteiger partial charge in [-0.15, -0.1) is 0 Å². The lowest BCUT2D eigenvalue weighted by molar-refractivity contribution is -0.897. The molecule has 0 aromatic heterocycles. The normalized spacial score (nSPS) is 20.2. The van der Waals surface area contributed by atoms with Crippen molar-refractivity contribution >= 4 is 11.9 Å². The summed E-state index contributed by atoms with van der Waals surface area (Å²) in [4.78, 5) is 25.0. The Balaban J connectivity index is 1.68. The number of likely N-dealkylation sites (tertiary alicyclic amines) is 1. The number of benzene rings is 1. The van der Waals surface area contributed by atoms with Gasteiger partial charge in [-0.2, -0.15) is 0 Å². The van der Waals surface area contributed by atoms with Crippen molar-refractivity contribution < 1.29 is 24.0 Å². The molecule has 0 atom stereocenters. The molecule has 1 aliphatic rings. The molecule has 6 heteroatoms. The predicted molar refractivity (Wildman–Crippen MR) is 89.8 cm³/mol. The molecule has 0 unspecified atom stereocenters. The first-order chi connectivity index (χ1) is 11.6. The summed E-state index contributed by atoms with van der Waals surface area (Å²) in [6.07, 6.45) is 1.58. The van der Waals surface area contributed by atoms with Crippen LogP contribution in [0.3, 0.4) is 0 Å². The standard InChI is InChI=1S/C18H26N2O4/c1-3-24-18(22)15-8-10-20(11-9-15)13-17(21)19-12-14-4-6-16(23-2)7-5-14/h4-7,15H,3,8-13H2,1-2H3,(H,19,21)/p+1. The maximum Gasteiger partial charge on any atom is 0.309 e. The number of amides is 1. The van der Waals surface area contributed by atoms with Crippen LogP contribution in [0.2, 0.25) is 0 Å². The van der Waals surface area contributed by atoms with Gasteiger partial charge in [-0.3, -0.25) is 9.59 Å². The average molecular weight is 335 g/mol. The summed E-state index contributed by atoms with van der Waals surface area (Å²) >= 11 is 0. The molecule has 1 aliphatic heterocycles. The molecule has 1 aromatic carbocycles. The first-order valence-electron chi connectivity index (χ1n) is 8.52. The van der Waals surface area contributed by atoms with Crippen molar-refractivity contribution in [3.05, 3.63) is 29.8 Å². The van der Waals surface area contributed by atoms with Crippen molar-refractivity contribution in [1.29, 1.82) is 0 Å². The molecule has 1 aromatic rings. The van der Waals surface area contributed by atoms with E-state index in [-0.39, 0.29) is 17.8 Å². The fraction of sp³-hybridized carbons (Fsp3) is 0.556. The van der Waals surface area contributed by atoms with Crippen LogP contribution in [0.25, 0.3) is 0 Å². The summed E-state index contributed by atoms with van der Waals surface area (Å²) in [6, 6.07) is 7.65. The molecule has 1 fully saturated rings. The van der Waals surface area contributed by atoms with Crippen LogP contribution in [-0.2, 0) is 20.9 Å². The highest BCUT2D eigenvalue weighted by Crippen LogP contribution is 2.12. The van der Waals surface area contributed by atoms with E-state index in [1.165, 1.54) is 4.90 Å². The number of hydrogen-bond donors (Lipinski definition) is 2. The Hall–Kier alpha value is -2.08. The Labute approximate surface area is 143 Å². The molecule has 6 nitrogen and oxygen atoms in total. The molecule has 24 heavy (non-hydrogen) atoms. The fourth-order valence-electron chi connectivity index (χ4n) is 2.93. The quantitative estimate of drug-likeness (QED) is 0.697. The number of esters is 1. The zero-order chi connectivity index (χ0) is 17.4. The van der Waals surface area contributed by atoms with Gasteiger partial charge in [-0.05, 0) is 24.6 Å². The highest BCUT2D eigenvalue weighted by Gasteiger charge is 2.29. The number of ether oxygens (including phenoxy) is 2. The second kappa shape index (κ2) is 9.27. The number of hydrogen-bond acceptors (Lipinski definition) is 4. The zero-order valence-corrected chi connectivity index (χ0v) is 14.5. The van der Waals surface area contributed by atoms with Gasteiger partial charge in [0.05, 0.1) is 32.7 Å². The Morgan fingerprint density at radius 2 is 1.88 bits per heavy atom. The molecule has 1 saturated heterocycles. The van der Waals surface area contributed by atoms with E-state index >= 15 is 0 Å². The lowest BCUT2D eigenvalue weighted by atomic mass is 9.97. The molecule has 132 valence electrons. The maximum absolute atomic E-state index is 12.1. The van der Waals surface area contributed by atoms with Crippen molar-refractivity contribution in [3.8, 4) is 5.75 Å². The Kier molecular flexibility index (Phi) is 7.06. The van der Waals surface area contributed by atoms with Gasteiger partial charge >= 0.3 is 5.97 Å². The molecule has 0 radical (unpaired) electrons. The summed E-state index contributed by atoms with van der Waals surface area (Å²) < 4.78 is 10.2. The molecule has 0 saturated carbocycles. The molecular weight excluding hydrogens is 308 g/mol. The number of methoxy groups -OCH3 is 1. The summed E-state index contributed by atoms with van der Waals surface area (Å²) in [7, 11) is 1.63. The fourth-order valence-corrected chi connectivity index (χ4v) is 2.93. The maximum atomic E-state index is 12.1. The average Bonchev–Trinajstić information content (AvgIpc) is 2.61. The van der Waals surface area contributed by atoms with Gasteiger partial charge in [-0.1, -0.05) is 12.1 Å². The van der Waals surface area contributed by atoms with Gasteiger partial charge in [0.25, 0.3) is 5.91 Å². The van der Waals surface area contributed by atoms with Crippen molar-refractivity contribution in [2.24, 2.45) is 5.92 Å². The number of rotatable bonds is 7. The summed E-state index contributed by atoms with van der Waals surface area (Å²) in [5, 5.41) is 2.95. The van der Waals surface area contributed by atoms with Gasteiger partial charge in [-0.25, -0.2) is 0 Å². The van der Waals surface area contributed by atoms with Crippen molar-refractivity contribution in [2.45, 2.75) is 26.3 Å². The molecule has 2 N–H and O–H groups in total. The van der Waals surface area contributed by atoms with E-state index in [4.69, 9.17) is 9.47 Å². The highest BCUT2D eigenvalue weighted by atomic mass is 16.5. The van der Waals surface area contributed by atoms with E-state index in [2.05, 4.69) is 5.32 Å². The zero-order valence-electron chi connectivity index (χ0n) is 14.5. The summed E-state index contributed by atoms with van der Waals surface area (Å²) in [5.41, 5.74) is 1.04. The monoisotopic (exact) mass is 335 g/mol. The van der Waals surface area contributed by atoms with Crippen LogP contribution in [0.15, 0.2) is 24.3 Å². The first-order valence-corrected chi connectivity index (χ1v) is 8.52. The van der Waals surface area contributed by atoms with Crippen LogP contribution in [0.4, 0.5) is 0 Å². The van der Waals surface area contributed by atoms with Gasteiger partial charge < -0.3 is 19.7 Å². The largest absolute Gasteiger partial charge is 0.497 e. The number of quaternary nitrogens is 1. The molecular formula is C18H27N2O4+. The minimum Gasteiger partial charge on any atom is -0.497 e. The lowest BCUT2D eigenvalue weighted by Crippen LogP contribution is -3.14. The predicted octanol–water partition coefficient (Wildman–Crippen LogP) is 0.169. The minimum absolute atomic E-state index is 0.00365. The molecule has 0 aliphatic carbocycles. The topological polar surface area (TPSA) is 69.1 Å². The van der Waals surface area contributed by atoms with E-state index in [0.717, 1.165) is 37.2 Å². The van der Waals surface area contributed by atoms with Crippen molar-refractivity contribution in [1.82, 2.24) is 5.32 Å². The van der Waals surface area contributed by atoms with E-state index in [1.54, 1.807) is 7.11 Å². The van der Waals surface area contributed by atoms with Crippen molar-refractivity contribution in [3.63, 3.8) is 0 Å². The molecule has 0 spiro atoms. The number of carbonyl (C=O) groups excluding carboxylic acids is 2. The van der Waals surface area contributed by atoms with Crippen LogP contribution < -0.4 is 15.0 Å². The summed E-state index contributed by atoms with van der Waals surface area (Å²) in [5.74, 6) is 0.742. The van der Waals surface area contributed by atoms with Crippen LogP contribution in [-0.4, -0.2) is 45.2 Å². The van der Waals surface area contributed by atoms with Gasteiger partial charge in [0, 0.05) is 19.4 Å². The van der Waals surface area contributed by atoms with E-state index in [0.29, 0.717) is 19.7 Å². The Morgan fingerprint density at radius 1 is 1.21 bits per heavy atom. The number of carbonyl (C=O) groups is 2. The van der Waals surface area contributed by atoms with Crippen LogP contribution in [0.5, 0.6) is 5.75 Å². The summed E-state index contributed by atoms with van der Waals surface area (Å²) in [6.45, 7) is 4.89. The molecule has 0 bridgehead atoms. The number of piperidine rings is 1. The third-order valence-electron chi connectivity index (χ3n) is 4.37. The lowest BCUT2D eigenvalue weighted by Gasteiger charge is -2.27. The molecule has 1 heterocycles. The van der Waals surface area contributed by atoms with Gasteiger partial charge in [0.15, 0.2) is 6.54 Å². The van der Waals surface area contributed by atoms with Gasteiger partial charge in [0.2, 0.25) is 0 Å². The van der Waals surface area contributed by atoms with Crippen LogP contribution in [0.1, 0.15) is 25.3 Å². The minimum atomic E-state index is -0.0968. The number of nitrogens with one attached hydrogen (secondary N) is 2. The van der Waals surface area contributed by atoms with Crippen LogP contribution >= 0.6 is 0 Å². The molecule has 2 rings (SSSR count). The smallest absolute Gasteiger partial charge is 0.309 e. The third kappa shape index (κ3) is 5.53. The van der Waals surface area contributed by atoms with E-state index in [1.807, 2.05) is 31.2 Å². The van der Waals surface area contributed by atoms with Gasteiger partial charge in [0.1, 0.15) is 5.75 Å². The third-order valence-corrected chi connectivity index (χ3v) is 4.37. The SMILES string of the molecule is CCOC(=O)C1CC[NH+](CC(=O)NCc2ccc(OC)cc2)CC1. The van der Waals surface area contributed by atoms with Crippen molar-refractivity contribution in [2.75, 3.05) is 33.4 Å². The second-order valence-electron chi connectivity index (χ2n) is 6.08.